The summed E-state index contributed by atoms with van der Waals surface area (Å²) in [7, 11) is 3.31. The van der Waals surface area contributed by atoms with Crippen LogP contribution in [0.1, 0.15) is 13.8 Å². The molecule has 0 aromatic carbocycles. The topological polar surface area (TPSA) is 33.6 Å². The summed E-state index contributed by atoms with van der Waals surface area (Å²) in [6.07, 6.45) is 0.163. The van der Waals surface area contributed by atoms with Gasteiger partial charge in [0.25, 0.3) is 6.23 Å². The molecule has 1 radical (unpaired) electrons. The Labute approximate surface area is 73.3 Å². The van der Waals surface area contributed by atoms with E-state index in [4.69, 9.17) is 14.3 Å². The summed E-state index contributed by atoms with van der Waals surface area (Å²) < 4.78 is 10.8. The first-order valence-electron chi connectivity index (χ1n) is 4.18. The van der Waals surface area contributed by atoms with Crippen LogP contribution >= 0.6 is 0 Å². The molecule has 71 valence electrons. The molecule has 0 aromatic heterocycles. The Hall–Kier alpha value is -0.160. The first kappa shape index (κ1) is 9.92. The van der Waals surface area contributed by atoms with Crippen molar-refractivity contribution in [3.05, 3.63) is 0 Å². The molecule has 1 aliphatic rings. The number of ether oxygens (including phenoxy) is 2. The number of rotatable bonds is 2. The number of hydroxylamine groups is 2. The molecule has 0 aromatic rings. The second kappa shape index (κ2) is 4.18. The van der Waals surface area contributed by atoms with E-state index in [0.717, 1.165) is 6.54 Å². The first-order valence-corrected chi connectivity index (χ1v) is 4.18. The normalized spacial score (nSPS) is 38.5. The van der Waals surface area contributed by atoms with Crippen molar-refractivity contribution >= 4 is 0 Å². The lowest BCUT2D eigenvalue weighted by molar-refractivity contribution is -0.243. The Morgan fingerprint density at radius 1 is 1.33 bits per heavy atom. The fourth-order valence-electron chi connectivity index (χ4n) is 1.56. The van der Waals surface area contributed by atoms with E-state index in [-0.39, 0.29) is 18.4 Å². The molecule has 0 N–H and O–H groups in total. The van der Waals surface area contributed by atoms with E-state index < -0.39 is 0 Å². The fourth-order valence-corrected chi connectivity index (χ4v) is 1.56. The fraction of sp³-hybridized carbons (Fsp3) is 1.00. The van der Waals surface area contributed by atoms with Crippen molar-refractivity contribution in [3.8, 4) is 0 Å². The molecular formula is C8H17NO3+. The van der Waals surface area contributed by atoms with E-state index in [1.54, 1.807) is 19.3 Å². The molecule has 4 heteroatoms. The van der Waals surface area contributed by atoms with Crippen LogP contribution in [0, 0.1) is 0 Å². The van der Waals surface area contributed by atoms with Gasteiger partial charge in [-0.15, -0.1) is 4.84 Å². The third-order valence-corrected chi connectivity index (χ3v) is 2.05. The van der Waals surface area contributed by atoms with Crippen molar-refractivity contribution in [2.75, 3.05) is 20.8 Å². The third-order valence-electron chi connectivity index (χ3n) is 2.05. The molecule has 1 unspecified atom stereocenters. The SMILES string of the molecule is CO[C@H]1[C@@H](C)OC(C)C[N+]1OC. The van der Waals surface area contributed by atoms with E-state index in [2.05, 4.69) is 0 Å². The van der Waals surface area contributed by atoms with Crippen LogP contribution in [-0.4, -0.2) is 39.2 Å². The summed E-state index contributed by atoms with van der Waals surface area (Å²) in [5.74, 6) is 0. The summed E-state index contributed by atoms with van der Waals surface area (Å²) in [6, 6.07) is 0. The van der Waals surface area contributed by atoms with Gasteiger partial charge >= 0.3 is 0 Å². The van der Waals surface area contributed by atoms with Gasteiger partial charge in [0.1, 0.15) is 19.3 Å². The number of morpholine rings is 1. The third kappa shape index (κ3) is 1.95. The van der Waals surface area contributed by atoms with Gasteiger partial charge in [-0.1, -0.05) is 0 Å². The Balaban J connectivity index is 2.56. The highest BCUT2D eigenvalue weighted by Crippen LogP contribution is 2.15. The number of methoxy groups -OCH3 is 1. The molecule has 0 saturated carbocycles. The molecule has 0 amide bonds. The number of nitrogens with zero attached hydrogens (tertiary/aromatic N) is 1. The van der Waals surface area contributed by atoms with Gasteiger partial charge in [-0.2, -0.15) is 0 Å². The Morgan fingerprint density at radius 2 is 2.00 bits per heavy atom. The smallest absolute Gasteiger partial charge is 0.298 e. The summed E-state index contributed by atoms with van der Waals surface area (Å²) >= 11 is 0. The predicted molar refractivity (Wildman–Crippen MR) is 44.8 cm³/mol. The molecular weight excluding hydrogens is 158 g/mol. The maximum atomic E-state index is 5.58. The summed E-state index contributed by atoms with van der Waals surface area (Å²) in [5.41, 5.74) is 0. The van der Waals surface area contributed by atoms with Gasteiger partial charge < -0.3 is 9.47 Å². The molecule has 1 rings (SSSR count). The van der Waals surface area contributed by atoms with E-state index in [0.29, 0.717) is 0 Å². The minimum Gasteiger partial charge on any atom is -0.360 e. The standard InChI is InChI=1S/C8H17NO3/c1-6-5-9(11-4)8(10-3)7(2)12-6/h6-8H,5H2,1-4H3/q+1/t6?,7-,8+/m1/s1. The molecule has 1 fully saturated rings. The summed E-state index contributed by atoms with van der Waals surface area (Å²) in [5, 5.41) is 1.80. The van der Waals surface area contributed by atoms with Crippen LogP contribution in [0.15, 0.2) is 0 Å². The monoisotopic (exact) mass is 175 g/mol. The van der Waals surface area contributed by atoms with Crippen molar-refractivity contribution < 1.29 is 14.3 Å². The quantitative estimate of drug-likeness (QED) is 0.572. The summed E-state index contributed by atoms with van der Waals surface area (Å²) in [6.45, 7) is 4.75. The van der Waals surface area contributed by atoms with Crippen molar-refractivity contribution in [2.45, 2.75) is 32.3 Å². The maximum Gasteiger partial charge on any atom is 0.298 e. The molecule has 1 aliphatic heterocycles. The second-order valence-electron chi connectivity index (χ2n) is 3.06. The van der Waals surface area contributed by atoms with E-state index in [9.17, 15) is 0 Å². The number of hydrogen-bond acceptors (Lipinski definition) is 4. The second-order valence-corrected chi connectivity index (χ2v) is 3.06. The van der Waals surface area contributed by atoms with Crippen molar-refractivity contribution in [2.24, 2.45) is 0 Å². The van der Waals surface area contributed by atoms with Gasteiger partial charge in [0.05, 0.1) is 0 Å². The Kier molecular flexibility index (Phi) is 3.46. The highest BCUT2D eigenvalue weighted by atomic mass is 16.7. The van der Waals surface area contributed by atoms with Crippen LogP contribution in [-0.2, 0) is 14.3 Å². The number of hydrogen-bond donors (Lipinski definition) is 0. The van der Waals surface area contributed by atoms with Crippen LogP contribution in [0.4, 0.5) is 0 Å². The lowest BCUT2D eigenvalue weighted by Gasteiger charge is -2.30. The van der Waals surface area contributed by atoms with Crippen LogP contribution < -0.4 is 5.06 Å². The van der Waals surface area contributed by atoms with Crippen LogP contribution in [0.5, 0.6) is 0 Å². The van der Waals surface area contributed by atoms with E-state index in [1.807, 2.05) is 13.8 Å². The first-order chi connectivity index (χ1) is 5.69. The maximum absolute atomic E-state index is 5.58. The molecule has 12 heavy (non-hydrogen) atoms. The van der Waals surface area contributed by atoms with Gasteiger partial charge in [-0.05, 0) is 13.8 Å². The van der Waals surface area contributed by atoms with Crippen molar-refractivity contribution in [3.63, 3.8) is 0 Å². The average molecular weight is 175 g/mol. The molecule has 1 saturated heterocycles. The van der Waals surface area contributed by atoms with Crippen LogP contribution in [0.25, 0.3) is 0 Å². The molecule has 0 aliphatic carbocycles. The molecule has 0 spiro atoms. The molecule has 3 atom stereocenters. The predicted octanol–water partition coefficient (Wildman–Crippen LogP) is 0.468. The van der Waals surface area contributed by atoms with Gasteiger partial charge in [-0.25, -0.2) is 0 Å². The zero-order chi connectivity index (χ0) is 9.14. The van der Waals surface area contributed by atoms with Crippen LogP contribution in [0.3, 0.4) is 0 Å². The Bertz CT molecular complexity index is 142. The Morgan fingerprint density at radius 3 is 2.50 bits per heavy atom. The zero-order valence-corrected chi connectivity index (χ0v) is 8.11. The highest BCUT2D eigenvalue weighted by Gasteiger charge is 2.42. The molecule has 4 nitrogen and oxygen atoms in total. The molecule has 0 bridgehead atoms. The average Bonchev–Trinajstić information content (AvgIpc) is 2.03. The van der Waals surface area contributed by atoms with Gasteiger partial charge in [0.15, 0.2) is 6.54 Å². The van der Waals surface area contributed by atoms with E-state index >= 15 is 0 Å². The minimum absolute atomic E-state index is 0.0544. The van der Waals surface area contributed by atoms with Crippen molar-refractivity contribution in [1.29, 1.82) is 0 Å². The largest absolute Gasteiger partial charge is 0.360 e. The lowest BCUT2D eigenvalue weighted by atomic mass is 10.2. The highest BCUT2D eigenvalue weighted by molar-refractivity contribution is 4.76. The minimum atomic E-state index is -0.0915. The van der Waals surface area contributed by atoms with Gasteiger partial charge in [-0.3, -0.25) is 0 Å². The van der Waals surface area contributed by atoms with Gasteiger partial charge in [0.2, 0.25) is 0 Å². The summed E-state index contributed by atoms with van der Waals surface area (Å²) in [4.78, 5) is 5.16. The van der Waals surface area contributed by atoms with E-state index in [1.165, 1.54) is 0 Å². The van der Waals surface area contributed by atoms with Gasteiger partial charge in [0, 0.05) is 12.2 Å². The lowest BCUT2D eigenvalue weighted by Crippen LogP contribution is -2.57. The van der Waals surface area contributed by atoms with Crippen LogP contribution in [0.2, 0.25) is 0 Å². The zero-order valence-electron chi connectivity index (χ0n) is 8.11. The molecule has 1 heterocycles. The van der Waals surface area contributed by atoms with Crippen molar-refractivity contribution in [1.82, 2.24) is 5.06 Å².